The molecule has 0 amide bonds. The van der Waals surface area contributed by atoms with Crippen LogP contribution in [-0.4, -0.2) is 19.8 Å². The molecule has 1 aliphatic carbocycles. The summed E-state index contributed by atoms with van der Waals surface area (Å²) in [4.78, 5) is -0.555. The Bertz CT molecular complexity index is 553. The molecule has 0 unspecified atom stereocenters. The Labute approximate surface area is 109 Å². The van der Waals surface area contributed by atoms with E-state index < -0.39 is 32.1 Å². The van der Waals surface area contributed by atoms with Gasteiger partial charge in [-0.2, -0.15) is 0 Å². The number of hydrogen-bond donors (Lipinski definition) is 1. The van der Waals surface area contributed by atoms with Crippen LogP contribution in [0.4, 0.5) is 8.78 Å². The molecule has 0 aromatic heterocycles. The zero-order valence-corrected chi connectivity index (χ0v) is 11.0. The molecule has 1 N–H and O–H groups in total. The number of benzene rings is 1. The van der Waals surface area contributed by atoms with E-state index in [1.165, 1.54) is 0 Å². The largest absolute Gasteiger partial charge is 0.244 e. The Hall–Kier alpha value is -0.720. The van der Waals surface area contributed by atoms with Gasteiger partial charge in [0.1, 0.15) is 16.5 Å². The number of alkyl halides is 1. The van der Waals surface area contributed by atoms with Crippen LogP contribution < -0.4 is 4.72 Å². The Balaban J connectivity index is 2.31. The molecule has 0 radical (unpaired) electrons. The zero-order chi connectivity index (χ0) is 13.4. The van der Waals surface area contributed by atoms with Crippen LogP contribution in [-0.2, 0) is 10.0 Å². The summed E-state index contributed by atoms with van der Waals surface area (Å²) in [5, 5.41) is 0. The van der Waals surface area contributed by atoms with Crippen molar-refractivity contribution in [3.05, 3.63) is 29.8 Å². The predicted molar refractivity (Wildman–Crippen MR) is 64.0 cm³/mol. The van der Waals surface area contributed by atoms with Gasteiger partial charge in [-0.15, -0.1) is 11.6 Å². The SMILES string of the molecule is O=S(=O)(NC1(CCl)CCC1)c1ccc(F)cc1F. The lowest BCUT2D eigenvalue weighted by Crippen LogP contribution is -2.54. The topological polar surface area (TPSA) is 46.2 Å². The average molecular weight is 296 g/mol. The zero-order valence-electron chi connectivity index (χ0n) is 9.42. The molecule has 18 heavy (non-hydrogen) atoms. The highest BCUT2D eigenvalue weighted by Crippen LogP contribution is 2.34. The summed E-state index contributed by atoms with van der Waals surface area (Å²) in [5.41, 5.74) is -0.693. The van der Waals surface area contributed by atoms with Crippen molar-refractivity contribution >= 4 is 21.6 Å². The molecule has 0 atom stereocenters. The van der Waals surface area contributed by atoms with Crippen molar-refractivity contribution in [3.8, 4) is 0 Å². The molecular formula is C11H12ClF2NO2S. The van der Waals surface area contributed by atoms with Gasteiger partial charge in [-0.3, -0.25) is 0 Å². The van der Waals surface area contributed by atoms with Crippen LogP contribution in [0.1, 0.15) is 19.3 Å². The molecule has 0 heterocycles. The highest BCUT2D eigenvalue weighted by molar-refractivity contribution is 7.89. The maximum atomic E-state index is 13.5. The van der Waals surface area contributed by atoms with Crippen LogP contribution in [0, 0.1) is 11.6 Å². The molecule has 1 fully saturated rings. The van der Waals surface area contributed by atoms with E-state index in [1.807, 2.05) is 0 Å². The summed E-state index contributed by atoms with van der Waals surface area (Å²) in [6, 6.07) is 2.36. The van der Waals surface area contributed by atoms with Gasteiger partial charge in [0.15, 0.2) is 0 Å². The number of sulfonamides is 1. The van der Waals surface area contributed by atoms with Crippen LogP contribution >= 0.6 is 11.6 Å². The van der Waals surface area contributed by atoms with Crippen molar-refractivity contribution in [2.24, 2.45) is 0 Å². The highest BCUT2D eigenvalue weighted by Gasteiger charge is 2.40. The van der Waals surface area contributed by atoms with Crippen LogP contribution in [0.5, 0.6) is 0 Å². The minimum Gasteiger partial charge on any atom is -0.207 e. The van der Waals surface area contributed by atoms with Gasteiger partial charge in [0, 0.05) is 17.5 Å². The molecule has 0 aliphatic heterocycles. The molecule has 1 aliphatic rings. The Morgan fingerprint density at radius 3 is 2.44 bits per heavy atom. The second-order valence-corrected chi connectivity index (χ2v) is 6.37. The number of halogens is 3. The van der Waals surface area contributed by atoms with Gasteiger partial charge in [-0.25, -0.2) is 21.9 Å². The van der Waals surface area contributed by atoms with Crippen LogP contribution in [0.15, 0.2) is 23.1 Å². The summed E-state index contributed by atoms with van der Waals surface area (Å²) in [7, 11) is -4.01. The van der Waals surface area contributed by atoms with Crippen LogP contribution in [0.25, 0.3) is 0 Å². The van der Waals surface area contributed by atoms with Crippen molar-refractivity contribution in [2.75, 3.05) is 5.88 Å². The summed E-state index contributed by atoms with van der Waals surface area (Å²) < 4.78 is 52.6. The van der Waals surface area contributed by atoms with E-state index in [1.54, 1.807) is 0 Å². The van der Waals surface area contributed by atoms with E-state index in [2.05, 4.69) is 4.72 Å². The fourth-order valence-electron chi connectivity index (χ4n) is 1.90. The van der Waals surface area contributed by atoms with Gasteiger partial charge in [0.05, 0.1) is 0 Å². The van der Waals surface area contributed by atoms with E-state index in [4.69, 9.17) is 11.6 Å². The predicted octanol–water partition coefficient (Wildman–Crippen LogP) is 2.40. The molecule has 1 aromatic rings. The monoisotopic (exact) mass is 295 g/mol. The molecule has 2 rings (SSSR count). The third-order valence-corrected chi connectivity index (χ3v) is 5.22. The van der Waals surface area contributed by atoms with Crippen molar-refractivity contribution < 1.29 is 17.2 Å². The summed E-state index contributed by atoms with van der Waals surface area (Å²) in [6.45, 7) is 0. The van der Waals surface area contributed by atoms with Gasteiger partial charge in [-0.1, -0.05) is 0 Å². The molecule has 0 bridgehead atoms. The first kappa shape index (κ1) is 13.7. The molecule has 100 valence electrons. The smallest absolute Gasteiger partial charge is 0.207 e. The maximum absolute atomic E-state index is 13.5. The Morgan fingerprint density at radius 1 is 1.33 bits per heavy atom. The molecular weight excluding hydrogens is 284 g/mol. The van der Waals surface area contributed by atoms with Gasteiger partial charge in [-0.05, 0) is 31.4 Å². The minimum atomic E-state index is -4.01. The molecule has 7 heteroatoms. The Morgan fingerprint density at radius 2 is 2.00 bits per heavy atom. The fourth-order valence-corrected chi connectivity index (χ4v) is 3.83. The van der Waals surface area contributed by atoms with Gasteiger partial charge in [0.25, 0.3) is 0 Å². The maximum Gasteiger partial charge on any atom is 0.244 e. The Kier molecular flexibility index (Phi) is 3.62. The molecule has 1 aromatic carbocycles. The number of nitrogens with one attached hydrogen (secondary N) is 1. The lowest BCUT2D eigenvalue weighted by atomic mass is 9.79. The van der Waals surface area contributed by atoms with E-state index in [9.17, 15) is 17.2 Å². The molecule has 0 spiro atoms. The first-order valence-electron chi connectivity index (χ1n) is 5.44. The third kappa shape index (κ3) is 2.50. The molecule has 3 nitrogen and oxygen atoms in total. The second-order valence-electron chi connectivity index (χ2n) is 4.45. The van der Waals surface area contributed by atoms with Crippen molar-refractivity contribution in [1.82, 2.24) is 4.72 Å². The van der Waals surface area contributed by atoms with E-state index >= 15 is 0 Å². The van der Waals surface area contributed by atoms with E-state index in [-0.39, 0.29) is 5.88 Å². The molecule has 0 saturated heterocycles. The average Bonchev–Trinajstić information content (AvgIpc) is 2.23. The van der Waals surface area contributed by atoms with Gasteiger partial charge < -0.3 is 0 Å². The third-order valence-electron chi connectivity index (χ3n) is 3.10. The summed E-state index contributed by atoms with van der Waals surface area (Å²) >= 11 is 5.74. The van der Waals surface area contributed by atoms with Crippen molar-refractivity contribution in [2.45, 2.75) is 29.7 Å². The fraction of sp³-hybridized carbons (Fsp3) is 0.455. The quantitative estimate of drug-likeness (QED) is 0.867. The van der Waals surface area contributed by atoms with E-state index in [0.717, 1.165) is 18.6 Å². The number of rotatable bonds is 4. The summed E-state index contributed by atoms with van der Waals surface area (Å²) in [5.74, 6) is -1.79. The van der Waals surface area contributed by atoms with Crippen LogP contribution in [0.3, 0.4) is 0 Å². The van der Waals surface area contributed by atoms with Crippen LogP contribution in [0.2, 0.25) is 0 Å². The minimum absolute atomic E-state index is 0.134. The standard InChI is InChI=1S/C11H12ClF2NO2S/c12-7-11(4-1-5-11)15-18(16,17)10-3-2-8(13)6-9(10)14/h2-3,6,15H,1,4-5,7H2. The highest BCUT2D eigenvalue weighted by atomic mass is 35.5. The van der Waals surface area contributed by atoms with E-state index in [0.29, 0.717) is 18.9 Å². The second kappa shape index (κ2) is 4.75. The first-order valence-corrected chi connectivity index (χ1v) is 7.45. The lowest BCUT2D eigenvalue weighted by molar-refractivity contribution is 0.252. The van der Waals surface area contributed by atoms with Crippen molar-refractivity contribution in [3.63, 3.8) is 0 Å². The first-order chi connectivity index (χ1) is 8.38. The van der Waals surface area contributed by atoms with Crippen molar-refractivity contribution in [1.29, 1.82) is 0 Å². The number of hydrogen-bond acceptors (Lipinski definition) is 2. The van der Waals surface area contributed by atoms with Gasteiger partial charge in [0.2, 0.25) is 10.0 Å². The lowest BCUT2D eigenvalue weighted by Gasteiger charge is -2.40. The van der Waals surface area contributed by atoms with Gasteiger partial charge >= 0.3 is 0 Å². The summed E-state index contributed by atoms with van der Waals surface area (Å²) in [6.07, 6.45) is 2.12. The molecule has 1 saturated carbocycles. The normalized spacial score (nSPS) is 18.4.